The Morgan fingerprint density at radius 2 is 1.79 bits per heavy atom. The summed E-state index contributed by atoms with van der Waals surface area (Å²) in [5.74, 6) is 4.49. The number of pyridine rings is 1. The smallest absolute Gasteiger partial charge is 0.0346 e. The highest BCUT2D eigenvalue weighted by Crippen LogP contribution is 2.59. The zero-order valence-corrected chi connectivity index (χ0v) is 17.9. The standard InChI is InChI=1S/C28H35N/c1-28-13-3-2-4-23(28)17-21-7-8-26-24(9-10-27(26)25(21)11-14-28)20-6-5-19-12-15-29-18-22(19)16-20/h5-6,12,15-18,21,24-27H,2-4,7-11,13-14H2,1H3/t21?,24?,25?,26?,27?,28-/m1/s1. The Labute approximate surface area is 176 Å². The van der Waals surface area contributed by atoms with Gasteiger partial charge in [0.1, 0.15) is 0 Å². The molecule has 6 atom stereocenters. The monoisotopic (exact) mass is 385 g/mol. The van der Waals surface area contributed by atoms with E-state index in [2.05, 4.69) is 42.2 Å². The highest BCUT2D eigenvalue weighted by atomic mass is 14.6. The van der Waals surface area contributed by atoms with E-state index in [1.165, 1.54) is 75.0 Å². The fourth-order valence-electron chi connectivity index (χ4n) is 7.95. The number of rotatable bonds is 1. The van der Waals surface area contributed by atoms with Gasteiger partial charge in [0, 0.05) is 17.8 Å². The van der Waals surface area contributed by atoms with E-state index in [9.17, 15) is 0 Å². The molecule has 4 aliphatic carbocycles. The van der Waals surface area contributed by atoms with Crippen molar-refractivity contribution >= 4 is 10.8 Å². The SMILES string of the molecule is C[C@]12CCCCC1=CC1CCC3C(c4ccc5ccncc5c4)CCC3C1CC2. The molecule has 0 N–H and O–H groups in total. The van der Waals surface area contributed by atoms with Crippen LogP contribution in [0.4, 0.5) is 0 Å². The fourth-order valence-corrected chi connectivity index (χ4v) is 7.95. The third-order valence-corrected chi connectivity index (χ3v) is 9.55. The molecule has 1 nitrogen and oxygen atoms in total. The van der Waals surface area contributed by atoms with Gasteiger partial charge in [0.05, 0.1) is 0 Å². The van der Waals surface area contributed by atoms with Crippen molar-refractivity contribution in [3.05, 3.63) is 53.9 Å². The molecule has 3 saturated carbocycles. The van der Waals surface area contributed by atoms with Crippen LogP contribution in [0, 0.1) is 29.1 Å². The molecule has 0 radical (unpaired) electrons. The second-order valence-electron chi connectivity index (χ2n) is 10.9. The van der Waals surface area contributed by atoms with Gasteiger partial charge in [0.25, 0.3) is 0 Å². The molecule has 1 aromatic carbocycles. The third kappa shape index (κ3) is 2.99. The van der Waals surface area contributed by atoms with Crippen LogP contribution >= 0.6 is 0 Å². The summed E-state index contributed by atoms with van der Waals surface area (Å²) in [6, 6.07) is 9.34. The normalized spacial score (nSPS) is 39.2. The van der Waals surface area contributed by atoms with Crippen LogP contribution in [0.1, 0.15) is 82.6 Å². The summed E-state index contributed by atoms with van der Waals surface area (Å²) < 4.78 is 0. The molecule has 0 aliphatic heterocycles. The Balaban J connectivity index is 1.28. The molecule has 0 saturated heterocycles. The van der Waals surface area contributed by atoms with Crippen LogP contribution in [0.5, 0.6) is 0 Å². The van der Waals surface area contributed by atoms with Crippen molar-refractivity contribution in [1.29, 1.82) is 0 Å². The summed E-state index contributed by atoms with van der Waals surface area (Å²) in [6.07, 6.45) is 21.2. The van der Waals surface area contributed by atoms with Crippen LogP contribution in [0.15, 0.2) is 48.3 Å². The summed E-state index contributed by atoms with van der Waals surface area (Å²) >= 11 is 0. The first-order valence-corrected chi connectivity index (χ1v) is 12.3. The van der Waals surface area contributed by atoms with E-state index in [-0.39, 0.29) is 0 Å². The number of nitrogens with zero attached hydrogens (tertiary/aromatic N) is 1. The van der Waals surface area contributed by atoms with Crippen molar-refractivity contribution in [3.8, 4) is 0 Å². The lowest BCUT2D eigenvalue weighted by molar-refractivity contribution is 0.116. The maximum Gasteiger partial charge on any atom is 0.0346 e. The molecule has 1 aromatic heterocycles. The predicted octanol–water partition coefficient (Wildman–Crippen LogP) is 7.67. The van der Waals surface area contributed by atoms with Crippen LogP contribution in [0.2, 0.25) is 0 Å². The molecule has 152 valence electrons. The second kappa shape index (κ2) is 6.96. The number of aromatic nitrogens is 1. The van der Waals surface area contributed by atoms with Gasteiger partial charge in [-0.15, -0.1) is 0 Å². The van der Waals surface area contributed by atoms with Crippen molar-refractivity contribution in [3.63, 3.8) is 0 Å². The first kappa shape index (κ1) is 18.2. The molecule has 2 aromatic rings. The van der Waals surface area contributed by atoms with Gasteiger partial charge in [-0.1, -0.05) is 37.1 Å². The highest BCUT2D eigenvalue weighted by Gasteiger charge is 2.48. The Hall–Kier alpha value is -1.63. The summed E-state index contributed by atoms with van der Waals surface area (Å²) in [5.41, 5.74) is 3.98. The average Bonchev–Trinajstić information content (AvgIpc) is 3.11. The van der Waals surface area contributed by atoms with Gasteiger partial charge in [0.15, 0.2) is 0 Å². The molecule has 1 heterocycles. The van der Waals surface area contributed by atoms with Crippen LogP contribution in [-0.2, 0) is 0 Å². The van der Waals surface area contributed by atoms with Crippen molar-refractivity contribution in [2.45, 2.75) is 77.0 Å². The van der Waals surface area contributed by atoms with E-state index in [0.717, 1.165) is 29.6 Å². The van der Waals surface area contributed by atoms with Gasteiger partial charge in [-0.05, 0) is 116 Å². The quantitative estimate of drug-likeness (QED) is 0.459. The molecule has 3 fully saturated rings. The van der Waals surface area contributed by atoms with E-state index in [0.29, 0.717) is 5.41 Å². The molecule has 6 rings (SSSR count). The minimum atomic E-state index is 0.536. The Morgan fingerprint density at radius 1 is 0.862 bits per heavy atom. The molecule has 0 bridgehead atoms. The van der Waals surface area contributed by atoms with Crippen molar-refractivity contribution in [2.75, 3.05) is 0 Å². The van der Waals surface area contributed by atoms with Crippen LogP contribution < -0.4 is 0 Å². The Bertz CT molecular complexity index is 942. The second-order valence-corrected chi connectivity index (χ2v) is 10.9. The molecule has 0 amide bonds. The topological polar surface area (TPSA) is 12.9 Å². The first-order chi connectivity index (χ1) is 14.2. The molecule has 4 aliphatic rings. The average molecular weight is 386 g/mol. The number of fused-ring (bicyclic) bond motifs is 5. The van der Waals surface area contributed by atoms with Gasteiger partial charge >= 0.3 is 0 Å². The molecular formula is C28H35N. The van der Waals surface area contributed by atoms with Crippen LogP contribution in [0.25, 0.3) is 10.8 Å². The van der Waals surface area contributed by atoms with Gasteiger partial charge in [-0.2, -0.15) is 0 Å². The van der Waals surface area contributed by atoms with E-state index < -0.39 is 0 Å². The summed E-state index contributed by atoms with van der Waals surface area (Å²) in [6.45, 7) is 2.59. The zero-order chi connectivity index (χ0) is 19.4. The first-order valence-electron chi connectivity index (χ1n) is 12.3. The zero-order valence-electron chi connectivity index (χ0n) is 17.9. The van der Waals surface area contributed by atoms with Crippen LogP contribution in [-0.4, -0.2) is 4.98 Å². The number of hydrogen-bond acceptors (Lipinski definition) is 1. The summed E-state index contributed by atoms with van der Waals surface area (Å²) in [5, 5.41) is 2.64. The van der Waals surface area contributed by atoms with Gasteiger partial charge < -0.3 is 0 Å². The summed E-state index contributed by atoms with van der Waals surface area (Å²) in [7, 11) is 0. The van der Waals surface area contributed by atoms with Crippen molar-refractivity contribution < 1.29 is 0 Å². The maximum atomic E-state index is 4.36. The molecule has 29 heavy (non-hydrogen) atoms. The van der Waals surface area contributed by atoms with Crippen LogP contribution in [0.3, 0.4) is 0 Å². The Kier molecular flexibility index (Phi) is 4.36. The van der Waals surface area contributed by atoms with E-state index >= 15 is 0 Å². The minimum absolute atomic E-state index is 0.536. The van der Waals surface area contributed by atoms with Gasteiger partial charge in [0.2, 0.25) is 0 Å². The predicted molar refractivity (Wildman–Crippen MR) is 121 cm³/mol. The molecular weight excluding hydrogens is 350 g/mol. The fraction of sp³-hybridized carbons (Fsp3) is 0.607. The van der Waals surface area contributed by atoms with E-state index in [1.54, 1.807) is 5.56 Å². The lowest BCUT2D eigenvalue weighted by atomic mass is 9.64. The van der Waals surface area contributed by atoms with E-state index in [1.807, 2.05) is 18.0 Å². The van der Waals surface area contributed by atoms with Crippen molar-refractivity contribution in [1.82, 2.24) is 4.98 Å². The minimum Gasteiger partial charge on any atom is -0.264 e. The largest absolute Gasteiger partial charge is 0.264 e. The molecule has 1 heteroatoms. The van der Waals surface area contributed by atoms with E-state index in [4.69, 9.17) is 0 Å². The lowest BCUT2D eigenvalue weighted by Crippen LogP contribution is -2.32. The third-order valence-electron chi connectivity index (χ3n) is 9.55. The number of allylic oxidation sites excluding steroid dienone is 2. The van der Waals surface area contributed by atoms with Crippen molar-refractivity contribution in [2.24, 2.45) is 29.1 Å². The number of hydrogen-bond donors (Lipinski definition) is 0. The molecule has 5 unspecified atom stereocenters. The molecule has 0 spiro atoms. The Morgan fingerprint density at radius 3 is 2.76 bits per heavy atom. The van der Waals surface area contributed by atoms with Gasteiger partial charge in [-0.3, -0.25) is 4.98 Å². The van der Waals surface area contributed by atoms with Gasteiger partial charge in [-0.25, -0.2) is 0 Å². The highest BCUT2D eigenvalue weighted by molar-refractivity contribution is 5.82. The maximum absolute atomic E-state index is 4.36. The number of benzene rings is 1. The lowest BCUT2D eigenvalue weighted by Gasteiger charge is -2.40. The summed E-state index contributed by atoms with van der Waals surface area (Å²) in [4.78, 5) is 4.36.